The lowest BCUT2D eigenvalue weighted by molar-refractivity contribution is -0.384. The van der Waals surface area contributed by atoms with E-state index in [2.05, 4.69) is 17.4 Å². The van der Waals surface area contributed by atoms with Crippen LogP contribution in [0.25, 0.3) is 11.1 Å². The lowest BCUT2D eigenvalue weighted by Gasteiger charge is -2.14. The van der Waals surface area contributed by atoms with Gasteiger partial charge in [0.15, 0.2) is 0 Å². The molecule has 0 heterocycles. The number of nitrogens with zero attached hydrogens (tertiary/aromatic N) is 1. The number of hydrogen-bond acceptors (Lipinski definition) is 5. The van der Waals surface area contributed by atoms with Crippen LogP contribution in [-0.2, 0) is 6.61 Å². The molecular formula is C28H24N2O5. The number of ether oxygens (including phenoxy) is 2. The van der Waals surface area contributed by atoms with Crippen molar-refractivity contribution in [2.24, 2.45) is 0 Å². The highest BCUT2D eigenvalue weighted by atomic mass is 16.6. The summed E-state index contributed by atoms with van der Waals surface area (Å²) in [6.07, 6.45) is 0. The highest BCUT2D eigenvalue weighted by Gasteiger charge is 2.13. The molecule has 0 atom stereocenters. The van der Waals surface area contributed by atoms with E-state index in [4.69, 9.17) is 9.47 Å². The predicted molar refractivity (Wildman–Crippen MR) is 135 cm³/mol. The number of carbonyl (C=O) groups is 1. The van der Waals surface area contributed by atoms with Gasteiger partial charge in [0.25, 0.3) is 11.6 Å². The van der Waals surface area contributed by atoms with Crippen LogP contribution in [-0.4, -0.2) is 17.4 Å². The molecule has 7 heteroatoms. The molecule has 0 bridgehead atoms. The number of rotatable bonds is 9. The van der Waals surface area contributed by atoms with Crippen molar-refractivity contribution >= 4 is 17.3 Å². The Hall–Kier alpha value is -4.65. The highest BCUT2D eigenvalue weighted by molar-refractivity contribution is 6.04. The van der Waals surface area contributed by atoms with Gasteiger partial charge in [0.1, 0.15) is 18.1 Å². The summed E-state index contributed by atoms with van der Waals surface area (Å²) in [5, 5.41) is 13.7. The molecule has 35 heavy (non-hydrogen) atoms. The first-order valence-electron chi connectivity index (χ1n) is 11.1. The van der Waals surface area contributed by atoms with Crippen LogP contribution in [0, 0.1) is 10.1 Å². The lowest BCUT2D eigenvalue weighted by Crippen LogP contribution is -2.13. The van der Waals surface area contributed by atoms with Gasteiger partial charge in [-0.05, 0) is 54.4 Å². The number of benzene rings is 4. The quantitative estimate of drug-likeness (QED) is 0.224. The standard InChI is InChI=1S/C28H24N2O5/c1-2-34-27-16-13-22(28(31)29-24-9-6-10-25(18-24)30(32)33)17-23(27)19-35-26-14-11-21(12-15-26)20-7-4-3-5-8-20/h3-18H,2,19H2,1H3,(H,29,31). The van der Waals surface area contributed by atoms with Crippen LogP contribution in [0.1, 0.15) is 22.8 Å². The zero-order chi connectivity index (χ0) is 24.6. The van der Waals surface area contributed by atoms with Gasteiger partial charge >= 0.3 is 0 Å². The molecule has 0 aliphatic rings. The van der Waals surface area contributed by atoms with Gasteiger partial charge in [-0.15, -0.1) is 0 Å². The molecule has 0 spiro atoms. The Labute approximate surface area is 203 Å². The van der Waals surface area contributed by atoms with Gasteiger partial charge in [0.05, 0.1) is 11.5 Å². The molecule has 4 aromatic carbocycles. The second-order valence-electron chi connectivity index (χ2n) is 7.70. The molecule has 7 nitrogen and oxygen atoms in total. The number of nitro groups is 1. The molecule has 0 radical (unpaired) electrons. The number of non-ortho nitro benzene ring substituents is 1. The summed E-state index contributed by atoms with van der Waals surface area (Å²) in [5.41, 5.74) is 3.56. The number of nitro benzene ring substituents is 1. The molecule has 0 aliphatic carbocycles. The van der Waals surface area contributed by atoms with E-state index in [0.29, 0.717) is 34.9 Å². The minimum absolute atomic E-state index is 0.0955. The smallest absolute Gasteiger partial charge is 0.271 e. The normalized spacial score (nSPS) is 10.4. The number of hydrogen-bond donors (Lipinski definition) is 1. The second kappa shape index (κ2) is 11.0. The number of nitrogens with one attached hydrogen (secondary N) is 1. The van der Waals surface area contributed by atoms with Crippen LogP contribution in [0.2, 0.25) is 0 Å². The summed E-state index contributed by atoms with van der Waals surface area (Å²) >= 11 is 0. The summed E-state index contributed by atoms with van der Waals surface area (Å²) in [6.45, 7) is 2.56. The molecule has 1 N–H and O–H groups in total. The van der Waals surface area contributed by atoms with Crippen molar-refractivity contribution in [1.29, 1.82) is 0 Å². The maximum atomic E-state index is 12.8. The maximum Gasteiger partial charge on any atom is 0.271 e. The van der Waals surface area contributed by atoms with E-state index in [1.807, 2.05) is 49.4 Å². The van der Waals surface area contributed by atoms with Crippen molar-refractivity contribution in [3.8, 4) is 22.6 Å². The van der Waals surface area contributed by atoms with Crippen molar-refractivity contribution in [3.63, 3.8) is 0 Å². The summed E-state index contributed by atoms with van der Waals surface area (Å²) in [4.78, 5) is 23.3. The van der Waals surface area contributed by atoms with Crippen molar-refractivity contribution < 1.29 is 19.2 Å². The Bertz CT molecular complexity index is 1320. The Morgan fingerprint density at radius 1 is 0.857 bits per heavy atom. The third-order valence-corrected chi connectivity index (χ3v) is 5.29. The molecule has 0 fully saturated rings. The first-order valence-corrected chi connectivity index (χ1v) is 11.1. The summed E-state index contributed by atoms with van der Waals surface area (Å²) in [5.74, 6) is 0.931. The molecule has 0 unspecified atom stereocenters. The predicted octanol–water partition coefficient (Wildman–Crippen LogP) is 6.49. The molecule has 4 rings (SSSR count). The Balaban J connectivity index is 1.48. The van der Waals surface area contributed by atoms with Crippen molar-refractivity contribution in [1.82, 2.24) is 0 Å². The second-order valence-corrected chi connectivity index (χ2v) is 7.70. The highest BCUT2D eigenvalue weighted by Crippen LogP contribution is 2.26. The molecule has 0 saturated carbocycles. The number of anilines is 1. The molecular weight excluding hydrogens is 444 g/mol. The van der Waals surface area contributed by atoms with Gasteiger partial charge in [0, 0.05) is 28.9 Å². The average Bonchev–Trinajstić information content (AvgIpc) is 2.89. The van der Waals surface area contributed by atoms with E-state index in [1.54, 1.807) is 24.3 Å². The molecule has 176 valence electrons. The fourth-order valence-corrected chi connectivity index (χ4v) is 3.57. The van der Waals surface area contributed by atoms with Gasteiger partial charge < -0.3 is 14.8 Å². The first-order chi connectivity index (χ1) is 17.0. The maximum absolute atomic E-state index is 12.8. The molecule has 0 aliphatic heterocycles. The molecule has 0 aromatic heterocycles. The Morgan fingerprint density at radius 2 is 1.60 bits per heavy atom. The van der Waals surface area contributed by atoms with Crippen molar-refractivity contribution in [2.45, 2.75) is 13.5 Å². The SMILES string of the molecule is CCOc1ccc(C(=O)Nc2cccc([N+](=O)[O-])c2)cc1COc1ccc(-c2ccccc2)cc1. The number of carbonyl (C=O) groups excluding carboxylic acids is 1. The van der Waals surface area contributed by atoms with Crippen LogP contribution in [0.4, 0.5) is 11.4 Å². The summed E-state index contributed by atoms with van der Waals surface area (Å²) < 4.78 is 11.7. The van der Waals surface area contributed by atoms with Gasteiger partial charge in [-0.25, -0.2) is 0 Å². The van der Waals surface area contributed by atoms with E-state index in [-0.39, 0.29) is 18.2 Å². The molecule has 0 saturated heterocycles. The van der Waals surface area contributed by atoms with Gasteiger partial charge in [-0.3, -0.25) is 14.9 Å². The van der Waals surface area contributed by atoms with E-state index < -0.39 is 4.92 Å². The zero-order valence-electron chi connectivity index (χ0n) is 19.1. The summed E-state index contributed by atoms with van der Waals surface area (Å²) in [7, 11) is 0. The van der Waals surface area contributed by atoms with Crippen molar-refractivity contribution in [3.05, 3.63) is 118 Å². The minimum Gasteiger partial charge on any atom is -0.493 e. The minimum atomic E-state index is -0.506. The van der Waals surface area contributed by atoms with Gasteiger partial charge in [-0.2, -0.15) is 0 Å². The van der Waals surface area contributed by atoms with Crippen LogP contribution in [0.15, 0.2) is 97.1 Å². The van der Waals surface area contributed by atoms with Gasteiger partial charge in [0.2, 0.25) is 0 Å². The summed E-state index contributed by atoms with van der Waals surface area (Å²) in [6, 6.07) is 28.8. The first kappa shape index (κ1) is 23.5. The number of amides is 1. The largest absolute Gasteiger partial charge is 0.493 e. The van der Waals surface area contributed by atoms with E-state index in [0.717, 1.165) is 11.1 Å². The van der Waals surface area contributed by atoms with E-state index >= 15 is 0 Å². The van der Waals surface area contributed by atoms with E-state index in [1.165, 1.54) is 18.2 Å². The monoisotopic (exact) mass is 468 g/mol. The average molecular weight is 469 g/mol. The zero-order valence-corrected chi connectivity index (χ0v) is 19.1. The molecule has 4 aromatic rings. The third kappa shape index (κ3) is 6.03. The fourth-order valence-electron chi connectivity index (χ4n) is 3.57. The Morgan fingerprint density at radius 3 is 2.31 bits per heavy atom. The van der Waals surface area contributed by atoms with Crippen LogP contribution >= 0.6 is 0 Å². The Kier molecular flexibility index (Phi) is 7.37. The van der Waals surface area contributed by atoms with Crippen LogP contribution in [0.3, 0.4) is 0 Å². The fraction of sp³-hybridized carbons (Fsp3) is 0.107. The van der Waals surface area contributed by atoms with Crippen LogP contribution < -0.4 is 14.8 Å². The lowest BCUT2D eigenvalue weighted by atomic mass is 10.1. The van der Waals surface area contributed by atoms with Gasteiger partial charge in [-0.1, -0.05) is 48.5 Å². The van der Waals surface area contributed by atoms with Crippen molar-refractivity contribution in [2.75, 3.05) is 11.9 Å². The van der Waals surface area contributed by atoms with E-state index in [9.17, 15) is 14.9 Å². The topological polar surface area (TPSA) is 90.7 Å². The third-order valence-electron chi connectivity index (χ3n) is 5.29. The van der Waals surface area contributed by atoms with Crippen LogP contribution in [0.5, 0.6) is 11.5 Å². The molecule has 1 amide bonds.